The van der Waals surface area contributed by atoms with Gasteiger partial charge < -0.3 is 5.73 Å². The highest BCUT2D eigenvalue weighted by molar-refractivity contribution is 5.15. The van der Waals surface area contributed by atoms with Gasteiger partial charge in [0.15, 0.2) is 0 Å². The van der Waals surface area contributed by atoms with E-state index in [1.165, 1.54) is 18.4 Å². The van der Waals surface area contributed by atoms with Crippen LogP contribution in [0.1, 0.15) is 24.1 Å². The topological polar surface area (TPSA) is 47.1 Å². The first-order chi connectivity index (χ1) is 7.61. The minimum Gasteiger partial charge on any atom is -0.329 e. The van der Waals surface area contributed by atoms with Gasteiger partial charge in [0.1, 0.15) is 0 Å². The summed E-state index contributed by atoms with van der Waals surface area (Å²) in [6.07, 6.45) is 4.79. The minimum atomic E-state index is 0.541. The highest BCUT2D eigenvalue weighted by Gasteiger charge is 2.32. The van der Waals surface area contributed by atoms with E-state index >= 15 is 0 Å². The summed E-state index contributed by atoms with van der Waals surface area (Å²) in [6, 6.07) is 0.541. The molecule has 0 spiro atoms. The van der Waals surface area contributed by atoms with Crippen LogP contribution in [-0.4, -0.2) is 34.3 Å². The van der Waals surface area contributed by atoms with Crippen LogP contribution in [0.5, 0.6) is 0 Å². The maximum absolute atomic E-state index is 5.85. The van der Waals surface area contributed by atoms with Crippen molar-refractivity contribution in [2.24, 2.45) is 18.7 Å². The van der Waals surface area contributed by atoms with Gasteiger partial charge in [0, 0.05) is 37.9 Å². The molecule has 2 rings (SSSR count). The predicted molar refractivity (Wildman–Crippen MR) is 65.0 cm³/mol. The van der Waals surface area contributed by atoms with Crippen LogP contribution in [0.15, 0.2) is 6.20 Å². The Balaban J connectivity index is 2.00. The molecule has 0 radical (unpaired) electrons. The number of hydrogen-bond donors (Lipinski definition) is 1. The molecule has 1 aliphatic rings. The van der Waals surface area contributed by atoms with Crippen molar-refractivity contribution >= 4 is 0 Å². The summed E-state index contributed by atoms with van der Waals surface area (Å²) in [7, 11) is 4.14. The Morgan fingerprint density at radius 1 is 1.62 bits per heavy atom. The van der Waals surface area contributed by atoms with Gasteiger partial charge in [-0.1, -0.05) is 0 Å². The second kappa shape index (κ2) is 4.55. The molecule has 0 amide bonds. The molecular formula is C12H22N4. The molecule has 90 valence electrons. The van der Waals surface area contributed by atoms with Gasteiger partial charge in [0.25, 0.3) is 0 Å². The Morgan fingerprint density at radius 2 is 2.31 bits per heavy atom. The van der Waals surface area contributed by atoms with E-state index in [1.807, 2.05) is 11.7 Å². The molecular weight excluding hydrogens is 200 g/mol. The molecule has 1 atom stereocenters. The molecule has 0 aromatic carbocycles. The summed E-state index contributed by atoms with van der Waals surface area (Å²) in [5.74, 6) is 0.826. The second-order valence-corrected chi connectivity index (χ2v) is 4.97. The molecule has 1 aromatic rings. The molecule has 0 aliphatic heterocycles. The number of nitrogens with zero attached hydrogens (tertiary/aromatic N) is 3. The summed E-state index contributed by atoms with van der Waals surface area (Å²) in [4.78, 5) is 2.38. The second-order valence-electron chi connectivity index (χ2n) is 4.97. The van der Waals surface area contributed by atoms with Gasteiger partial charge in [0.05, 0.1) is 5.69 Å². The highest BCUT2D eigenvalue weighted by atomic mass is 15.3. The van der Waals surface area contributed by atoms with Crippen molar-refractivity contribution in [2.75, 3.05) is 13.6 Å². The minimum absolute atomic E-state index is 0.541. The summed E-state index contributed by atoms with van der Waals surface area (Å²) in [6.45, 7) is 3.79. The highest BCUT2D eigenvalue weighted by Crippen LogP contribution is 2.34. The van der Waals surface area contributed by atoms with Crippen molar-refractivity contribution in [1.82, 2.24) is 14.7 Å². The maximum Gasteiger partial charge on any atom is 0.0638 e. The Morgan fingerprint density at radius 3 is 2.75 bits per heavy atom. The van der Waals surface area contributed by atoms with Gasteiger partial charge >= 0.3 is 0 Å². The molecule has 1 heterocycles. The summed E-state index contributed by atoms with van der Waals surface area (Å²) < 4.78 is 1.88. The summed E-state index contributed by atoms with van der Waals surface area (Å²) >= 11 is 0. The first kappa shape index (κ1) is 11.6. The van der Waals surface area contributed by atoms with Crippen molar-refractivity contribution < 1.29 is 0 Å². The van der Waals surface area contributed by atoms with Crippen molar-refractivity contribution in [3.8, 4) is 0 Å². The molecule has 16 heavy (non-hydrogen) atoms. The van der Waals surface area contributed by atoms with Gasteiger partial charge in [-0.3, -0.25) is 9.58 Å². The molecule has 1 saturated carbocycles. The van der Waals surface area contributed by atoms with Gasteiger partial charge in [-0.2, -0.15) is 5.10 Å². The Kier molecular flexibility index (Phi) is 3.30. The van der Waals surface area contributed by atoms with E-state index in [4.69, 9.17) is 5.73 Å². The molecule has 4 nitrogen and oxygen atoms in total. The van der Waals surface area contributed by atoms with Crippen molar-refractivity contribution in [1.29, 1.82) is 0 Å². The van der Waals surface area contributed by atoms with E-state index in [-0.39, 0.29) is 0 Å². The van der Waals surface area contributed by atoms with Crippen LogP contribution in [0.2, 0.25) is 0 Å². The number of rotatable bonds is 5. The van der Waals surface area contributed by atoms with Crippen molar-refractivity contribution in [2.45, 2.75) is 32.4 Å². The first-order valence-electron chi connectivity index (χ1n) is 6.01. The molecule has 0 bridgehead atoms. The lowest BCUT2D eigenvalue weighted by atomic mass is 10.1. The number of aromatic nitrogens is 2. The number of hydrogen-bond acceptors (Lipinski definition) is 3. The lowest BCUT2D eigenvalue weighted by molar-refractivity contribution is 0.215. The first-order valence-corrected chi connectivity index (χ1v) is 6.01. The lowest BCUT2D eigenvalue weighted by Crippen LogP contribution is -2.39. The van der Waals surface area contributed by atoms with E-state index in [9.17, 15) is 0 Å². The average molecular weight is 222 g/mol. The number of likely N-dealkylation sites (N-methyl/N-ethyl adjacent to an activating group) is 1. The van der Waals surface area contributed by atoms with Gasteiger partial charge in [0.2, 0.25) is 0 Å². The molecule has 0 saturated heterocycles. The normalized spacial score (nSPS) is 18.1. The zero-order chi connectivity index (χ0) is 11.7. The SMILES string of the molecule is Cc1nn(C)cc1CN(C)C(CN)C1CC1. The van der Waals surface area contributed by atoms with E-state index in [1.54, 1.807) is 0 Å². The fourth-order valence-electron chi connectivity index (χ4n) is 2.40. The number of nitrogens with two attached hydrogens (primary N) is 1. The maximum atomic E-state index is 5.85. The zero-order valence-electron chi connectivity index (χ0n) is 10.5. The fourth-order valence-corrected chi connectivity index (χ4v) is 2.40. The number of aryl methyl sites for hydroxylation is 2. The van der Waals surface area contributed by atoms with E-state index in [2.05, 4.69) is 30.2 Å². The lowest BCUT2D eigenvalue weighted by Gasteiger charge is -2.26. The quantitative estimate of drug-likeness (QED) is 0.805. The largest absolute Gasteiger partial charge is 0.329 e. The Bertz CT molecular complexity index is 354. The monoisotopic (exact) mass is 222 g/mol. The van der Waals surface area contributed by atoms with Crippen LogP contribution in [0.3, 0.4) is 0 Å². The average Bonchev–Trinajstić information content (AvgIpc) is 2.97. The van der Waals surface area contributed by atoms with Gasteiger partial charge in [-0.25, -0.2) is 0 Å². The van der Waals surface area contributed by atoms with Crippen molar-refractivity contribution in [3.63, 3.8) is 0 Å². The fraction of sp³-hybridized carbons (Fsp3) is 0.750. The molecule has 2 N–H and O–H groups in total. The van der Waals surface area contributed by atoms with Gasteiger partial charge in [-0.05, 0) is 32.7 Å². The van der Waals surface area contributed by atoms with Gasteiger partial charge in [-0.15, -0.1) is 0 Å². The third-order valence-electron chi connectivity index (χ3n) is 3.51. The third-order valence-corrected chi connectivity index (χ3v) is 3.51. The van der Waals surface area contributed by atoms with Crippen LogP contribution >= 0.6 is 0 Å². The molecule has 1 fully saturated rings. The van der Waals surface area contributed by atoms with E-state index in [0.29, 0.717) is 6.04 Å². The predicted octanol–water partition coefficient (Wildman–Crippen LogP) is 0.898. The Hall–Kier alpha value is -0.870. The summed E-state index contributed by atoms with van der Waals surface area (Å²) in [5, 5.41) is 4.37. The summed E-state index contributed by atoms with van der Waals surface area (Å²) in [5.41, 5.74) is 8.28. The van der Waals surface area contributed by atoms with Crippen LogP contribution in [0.25, 0.3) is 0 Å². The third kappa shape index (κ3) is 2.44. The van der Waals surface area contributed by atoms with E-state index < -0.39 is 0 Å². The molecule has 1 unspecified atom stereocenters. The van der Waals surface area contributed by atoms with E-state index in [0.717, 1.165) is 24.7 Å². The smallest absolute Gasteiger partial charge is 0.0638 e. The van der Waals surface area contributed by atoms with Crippen LogP contribution in [0, 0.1) is 12.8 Å². The molecule has 1 aliphatic carbocycles. The van der Waals surface area contributed by atoms with Crippen molar-refractivity contribution in [3.05, 3.63) is 17.5 Å². The molecule has 1 aromatic heterocycles. The standard InChI is InChI=1S/C12H22N4/c1-9-11(8-16(3)14-9)7-15(2)12(6-13)10-4-5-10/h8,10,12H,4-7,13H2,1-3H3. The van der Waals surface area contributed by atoms with Crippen LogP contribution in [0.4, 0.5) is 0 Å². The van der Waals surface area contributed by atoms with Crippen LogP contribution < -0.4 is 5.73 Å². The zero-order valence-corrected chi connectivity index (χ0v) is 10.5. The molecule has 4 heteroatoms. The Labute approximate surface area is 97.4 Å². The van der Waals surface area contributed by atoms with Crippen LogP contribution in [-0.2, 0) is 13.6 Å².